The molecule has 0 saturated heterocycles. The van der Waals surface area contributed by atoms with Gasteiger partial charge in [0.15, 0.2) is 4.80 Å². The van der Waals surface area contributed by atoms with Crippen molar-refractivity contribution in [3.63, 3.8) is 0 Å². The molecule has 0 aliphatic carbocycles. The van der Waals surface area contributed by atoms with Gasteiger partial charge in [0.2, 0.25) is 0 Å². The Morgan fingerprint density at radius 2 is 2.31 bits per heavy atom. The summed E-state index contributed by atoms with van der Waals surface area (Å²) in [5, 5.41) is 3.87. The molecule has 0 unspecified atom stereocenters. The van der Waals surface area contributed by atoms with Crippen molar-refractivity contribution in [3.05, 3.63) is 44.8 Å². The summed E-state index contributed by atoms with van der Waals surface area (Å²) >= 11 is 3.04. The molecular weight excluding hydrogens is 240 g/mol. The fourth-order valence-corrected chi connectivity index (χ4v) is 2.46. The van der Waals surface area contributed by atoms with Crippen molar-refractivity contribution in [2.45, 2.75) is 0 Å². The van der Waals surface area contributed by atoms with Crippen molar-refractivity contribution in [1.29, 1.82) is 0 Å². The molecule has 0 atom stereocenters. The van der Waals surface area contributed by atoms with Gasteiger partial charge in [-0.2, -0.15) is 4.99 Å². The van der Waals surface area contributed by atoms with Crippen LogP contribution in [0.3, 0.4) is 0 Å². The fourth-order valence-electron chi connectivity index (χ4n) is 1.11. The van der Waals surface area contributed by atoms with Crippen molar-refractivity contribution >= 4 is 34.7 Å². The predicted molar refractivity (Wildman–Crippen MR) is 67.2 cm³/mol. The lowest BCUT2D eigenvalue weighted by molar-refractivity contribution is -0.113. The highest BCUT2D eigenvalue weighted by Gasteiger charge is 1.94. The summed E-state index contributed by atoms with van der Waals surface area (Å²) in [4.78, 5) is 17.2. The van der Waals surface area contributed by atoms with Crippen LogP contribution in [0.2, 0.25) is 0 Å². The third-order valence-corrected chi connectivity index (χ3v) is 3.58. The maximum Gasteiger partial charge on any atom is 0.272 e. The van der Waals surface area contributed by atoms with E-state index in [4.69, 9.17) is 0 Å². The van der Waals surface area contributed by atoms with Gasteiger partial charge in [-0.15, -0.1) is 22.7 Å². The third kappa shape index (κ3) is 2.77. The Morgan fingerprint density at radius 3 is 2.94 bits per heavy atom. The van der Waals surface area contributed by atoms with Crippen molar-refractivity contribution in [2.24, 2.45) is 12.0 Å². The lowest BCUT2D eigenvalue weighted by Crippen LogP contribution is -2.11. The molecule has 16 heavy (non-hydrogen) atoms. The summed E-state index contributed by atoms with van der Waals surface area (Å²) in [6, 6.07) is 3.91. The first kappa shape index (κ1) is 11.0. The fraction of sp³-hybridized carbons (Fsp3) is 0.0909. The van der Waals surface area contributed by atoms with E-state index in [1.807, 2.05) is 40.7 Å². The molecule has 2 heterocycles. The lowest BCUT2D eigenvalue weighted by Gasteiger charge is -1.87. The number of amides is 1. The molecule has 2 rings (SSSR count). The second-order valence-corrected chi connectivity index (χ2v) is 4.95. The number of aromatic nitrogens is 1. The Hall–Kier alpha value is -1.46. The van der Waals surface area contributed by atoms with Gasteiger partial charge in [0, 0.05) is 29.6 Å². The first-order valence-electron chi connectivity index (χ1n) is 4.66. The van der Waals surface area contributed by atoms with Crippen LogP contribution in [0.4, 0.5) is 0 Å². The zero-order valence-electron chi connectivity index (χ0n) is 8.66. The van der Waals surface area contributed by atoms with E-state index in [0.29, 0.717) is 4.80 Å². The highest BCUT2D eigenvalue weighted by atomic mass is 32.1. The first-order valence-corrected chi connectivity index (χ1v) is 6.42. The molecule has 1 amide bonds. The number of thiophene rings is 1. The smallest absolute Gasteiger partial charge is 0.272 e. The summed E-state index contributed by atoms with van der Waals surface area (Å²) < 4.78 is 1.82. The highest BCUT2D eigenvalue weighted by Crippen LogP contribution is 2.09. The molecule has 0 aromatic carbocycles. The van der Waals surface area contributed by atoms with E-state index in [2.05, 4.69) is 4.99 Å². The van der Waals surface area contributed by atoms with Crippen LogP contribution in [0.1, 0.15) is 4.88 Å². The molecule has 0 radical (unpaired) electrons. The normalized spacial score (nSPS) is 12.4. The van der Waals surface area contributed by atoms with Crippen LogP contribution in [0.15, 0.2) is 40.2 Å². The molecule has 0 spiro atoms. The Bertz CT molecular complexity index is 561. The van der Waals surface area contributed by atoms with Gasteiger partial charge < -0.3 is 4.57 Å². The first-order chi connectivity index (χ1) is 7.75. The van der Waals surface area contributed by atoms with Crippen molar-refractivity contribution in [3.8, 4) is 0 Å². The number of rotatable bonds is 2. The van der Waals surface area contributed by atoms with Crippen LogP contribution >= 0.6 is 22.7 Å². The molecule has 2 aromatic rings. The molecule has 0 saturated carbocycles. The minimum absolute atomic E-state index is 0.230. The van der Waals surface area contributed by atoms with E-state index < -0.39 is 0 Å². The minimum atomic E-state index is -0.230. The van der Waals surface area contributed by atoms with Crippen molar-refractivity contribution in [1.82, 2.24) is 4.57 Å². The Morgan fingerprint density at radius 1 is 1.44 bits per heavy atom. The Balaban J connectivity index is 2.14. The van der Waals surface area contributed by atoms with Crippen LogP contribution in [-0.2, 0) is 11.8 Å². The zero-order chi connectivity index (χ0) is 11.4. The number of carbonyl (C=O) groups excluding carboxylic acids is 1. The zero-order valence-corrected chi connectivity index (χ0v) is 10.3. The monoisotopic (exact) mass is 250 g/mol. The summed E-state index contributed by atoms with van der Waals surface area (Å²) in [6.07, 6.45) is 5.15. The van der Waals surface area contributed by atoms with Crippen LogP contribution < -0.4 is 4.80 Å². The topological polar surface area (TPSA) is 34.4 Å². The van der Waals surface area contributed by atoms with Gasteiger partial charge in [0.25, 0.3) is 5.91 Å². The van der Waals surface area contributed by atoms with Gasteiger partial charge in [0.05, 0.1) is 0 Å². The van der Waals surface area contributed by atoms with E-state index in [-0.39, 0.29) is 5.91 Å². The molecule has 2 aromatic heterocycles. The molecule has 5 heteroatoms. The van der Waals surface area contributed by atoms with Gasteiger partial charge >= 0.3 is 0 Å². The lowest BCUT2D eigenvalue weighted by atomic mass is 10.4. The van der Waals surface area contributed by atoms with Crippen molar-refractivity contribution < 1.29 is 4.79 Å². The molecule has 82 valence electrons. The molecule has 0 aliphatic heterocycles. The average Bonchev–Trinajstić information content (AvgIpc) is 2.88. The van der Waals surface area contributed by atoms with Crippen LogP contribution in [0, 0.1) is 0 Å². The Labute approximate surface area is 101 Å². The minimum Gasteiger partial charge on any atom is -0.327 e. The van der Waals surface area contributed by atoms with Gasteiger partial charge in [-0.05, 0) is 17.5 Å². The molecule has 3 nitrogen and oxygen atoms in total. The quantitative estimate of drug-likeness (QED) is 0.753. The number of nitrogens with zero attached hydrogens (tertiary/aromatic N) is 2. The number of aryl methyl sites for hydroxylation is 1. The van der Waals surface area contributed by atoms with Gasteiger partial charge in [-0.25, -0.2) is 0 Å². The number of hydrogen-bond acceptors (Lipinski definition) is 3. The largest absolute Gasteiger partial charge is 0.327 e. The molecule has 0 aliphatic rings. The molecule has 0 fully saturated rings. The summed E-state index contributed by atoms with van der Waals surface area (Å²) in [6.45, 7) is 0. The van der Waals surface area contributed by atoms with E-state index in [0.717, 1.165) is 4.88 Å². The highest BCUT2D eigenvalue weighted by molar-refractivity contribution is 7.10. The van der Waals surface area contributed by atoms with Crippen LogP contribution in [0.5, 0.6) is 0 Å². The second kappa shape index (κ2) is 5.05. The molecular formula is C11H10N2OS2. The van der Waals surface area contributed by atoms with Gasteiger partial charge in [-0.1, -0.05) is 6.07 Å². The van der Waals surface area contributed by atoms with Crippen LogP contribution in [0.25, 0.3) is 6.08 Å². The second-order valence-electron chi connectivity index (χ2n) is 3.10. The maximum absolute atomic E-state index is 11.5. The Kier molecular flexibility index (Phi) is 3.48. The summed E-state index contributed by atoms with van der Waals surface area (Å²) in [7, 11) is 1.87. The van der Waals surface area contributed by atoms with Crippen molar-refractivity contribution in [2.75, 3.05) is 0 Å². The van der Waals surface area contributed by atoms with E-state index in [9.17, 15) is 4.79 Å². The number of hydrogen-bond donors (Lipinski definition) is 0. The molecule has 0 bridgehead atoms. The maximum atomic E-state index is 11.5. The summed E-state index contributed by atoms with van der Waals surface area (Å²) in [5.41, 5.74) is 0. The van der Waals surface area contributed by atoms with E-state index in [1.54, 1.807) is 17.4 Å². The van der Waals surface area contributed by atoms with Gasteiger partial charge in [-0.3, -0.25) is 4.79 Å². The van der Waals surface area contributed by atoms with Gasteiger partial charge in [0.1, 0.15) is 0 Å². The number of carbonyl (C=O) groups is 1. The third-order valence-electron chi connectivity index (χ3n) is 1.90. The van der Waals surface area contributed by atoms with E-state index >= 15 is 0 Å². The van der Waals surface area contributed by atoms with E-state index in [1.165, 1.54) is 17.4 Å². The molecule has 0 N–H and O–H groups in total. The number of thiazole rings is 1. The standard InChI is InChI=1S/C11H10N2OS2/c1-13-6-8-16-11(13)12-10(14)5-4-9-3-2-7-15-9/h2-8H,1H3/b5-4+,12-11?. The predicted octanol–water partition coefficient (Wildman–Crippen LogP) is 2.29. The summed E-state index contributed by atoms with van der Waals surface area (Å²) in [5.74, 6) is -0.230. The SMILES string of the molecule is Cn1ccsc1=NC(=O)/C=C/c1cccs1. The van der Waals surface area contributed by atoms with Crippen LogP contribution in [-0.4, -0.2) is 10.5 Å². The average molecular weight is 250 g/mol.